The third kappa shape index (κ3) is 13.8. The number of halogens is 1. The first kappa shape index (κ1) is 56.6. The van der Waals surface area contributed by atoms with Crippen LogP contribution in [0.15, 0.2) is 59.7 Å². The number of fused-ring (bicyclic) bond motifs is 5. The van der Waals surface area contributed by atoms with Crippen LogP contribution < -0.4 is 21.1 Å². The molecule has 19 nitrogen and oxygen atoms in total. The lowest BCUT2D eigenvalue weighted by atomic mass is 9.79. The summed E-state index contributed by atoms with van der Waals surface area (Å²) in [6, 6.07) is 11.6. The molecule has 0 spiro atoms. The Morgan fingerprint density at radius 3 is 2.51 bits per heavy atom. The van der Waals surface area contributed by atoms with Gasteiger partial charge in [0.05, 0.1) is 62.3 Å². The fourth-order valence-electron chi connectivity index (χ4n) is 10.5. The summed E-state index contributed by atoms with van der Waals surface area (Å²) in [6.07, 6.45) is 4.41. The number of nitrogen functional groups attached to an aromatic ring is 1. The number of likely N-dealkylation sites (tertiary alicyclic amines) is 2. The molecule has 2 saturated heterocycles. The number of aliphatic imine (C=N–C) groups is 1. The number of Topliss-reactive ketones (excluding diaryl/α,β-unsaturated/α-hetero) is 2. The van der Waals surface area contributed by atoms with E-state index in [1.165, 1.54) is 36.0 Å². The van der Waals surface area contributed by atoms with E-state index < -0.39 is 23.9 Å². The van der Waals surface area contributed by atoms with Crippen molar-refractivity contribution in [3.63, 3.8) is 0 Å². The van der Waals surface area contributed by atoms with Gasteiger partial charge < -0.3 is 50.1 Å². The largest absolute Gasteiger partial charge is 0.482 e. The number of amides is 3. The van der Waals surface area contributed by atoms with Gasteiger partial charge in [-0.15, -0.1) is 11.8 Å². The van der Waals surface area contributed by atoms with Crippen molar-refractivity contribution >= 4 is 57.7 Å². The second-order valence-electron chi connectivity index (χ2n) is 20.2. The van der Waals surface area contributed by atoms with E-state index in [4.69, 9.17) is 31.5 Å². The maximum Gasteiger partial charge on any atom is 0.303 e. The number of ether oxygens (including phenoxy) is 3. The third-order valence-corrected chi connectivity index (χ3v) is 16.2. The molecule has 0 radical (unpaired) electrons. The van der Waals surface area contributed by atoms with Crippen molar-refractivity contribution in [2.24, 2.45) is 16.8 Å². The molecule has 4 aliphatic heterocycles. The van der Waals surface area contributed by atoms with Gasteiger partial charge in [-0.2, -0.15) is 4.68 Å². The van der Waals surface area contributed by atoms with E-state index in [2.05, 4.69) is 30.5 Å². The van der Waals surface area contributed by atoms with Crippen LogP contribution in [-0.4, -0.2) is 161 Å². The highest BCUT2D eigenvalue weighted by Crippen LogP contribution is 2.40. The number of nitrogens with one attached hydrogen (secondary N) is 2. The number of hydrogen-bond donors (Lipinski definition) is 3. The number of carbonyl (C=O) groups is 5. The van der Waals surface area contributed by atoms with Gasteiger partial charge in [-0.05, 0) is 120 Å². The van der Waals surface area contributed by atoms with Crippen LogP contribution in [0.4, 0.5) is 16.0 Å². The van der Waals surface area contributed by atoms with Crippen molar-refractivity contribution in [1.29, 1.82) is 0 Å². The van der Waals surface area contributed by atoms with E-state index in [0.717, 1.165) is 49.4 Å². The standard InChI is InChI=1S/C56H70FN11O8S/c1-34-9-14-41-42(28-34)36(3)76-48-29-39(31-62-52(48)58)50-46(32-65(6)55(41)72)68(64-53(50)60-5)22-18-61-49(70)17-24-74-26-27-75-25-23-66-20-15-37(16-21-66)43(30-47(69)35(2)59-4)56(73)67-19-7-8-45(67)54-63-44(33-77-54)51(71)38-10-12-40(57)13-11-38/h9-14,28-29,31,35-37,43-45,59H,7-8,15-27,30,32-33H2,1-4,6H3,(H2,58,62)(H,61,70)/t35-,36+,43-,44?,45-/m0/s1. The Morgan fingerprint density at radius 1 is 1.01 bits per heavy atom. The molecule has 410 valence electrons. The summed E-state index contributed by atoms with van der Waals surface area (Å²) >= 11 is 1.51. The maximum atomic E-state index is 14.5. The first-order valence-corrected chi connectivity index (χ1v) is 27.5. The second kappa shape index (κ2) is 26.2. The normalized spacial score (nSPS) is 19.7. The molecule has 6 heterocycles. The number of carbonyl (C=O) groups excluding carboxylic acids is 5. The van der Waals surface area contributed by atoms with Gasteiger partial charge in [0.1, 0.15) is 23.7 Å². The Balaban J connectivity index is 0.767. The molecule has 8 rings (SSSR count). The average molecular weight is 1080 g/mol. The summed E-state index contributed by atoms with van der Waals surface area (Å²) < 4.78 is 33.1. The van der Waals surface area contributed by atoms with Gasteiger partial charge in [-0.1, -0.05) is 24.3 Å². The van der Waals surface area contributed by atoms with Crippen LogP contribution in [0, 0.1) is 31.1 Å². The second-order valence-corrected chi connectivity index (χ2v) is 21.3. The van der Waals surface area contributed by atoms with Crippen LogP contribution >= 0.6 is 11.8 Å². The van der Waals surface area contributed by atoms with Crippen molar-refractivity contribution in [1.82, 2.24) is 40.1 Å². The number of pyridine rings is 1. The van der Waals surface area contributed by atoms with Crippen LogP contribution in [0.1, 0.15) is 96.0 Å². The maximum absolute atomic E-state index is 14.5. The molecule has 2 aromatic heterocycles. The predicted octanol–water partition coefficient (Wildman–Crippen LogP) is 6.07. The topological polar surface area (TPSA) is 220 Å². The zero-order valence-corrected chi connectivity index (χ0v) is 45.4. The summed E-state index contributed by atoms with van der Waals surface area (Å²) in [5, 5.41) is 11.3. The van der Waals surface area contributed by atoms with Crippen LogP contribution in [0.25, 0.3) is 16.0 Å². The lowest BCUT2D eigenvalue weighted by Gasteiger charge is -2.38. The summed E-state index contributed by atoms with van der Waals surface area (Å²) in [5.41, 5.74) is 10.5. The molecule has 5 atom stereocenters. The molecule has 21 heteroatoms. The molecule has 1 unspecified atom stereocenters. The molecule has 77 heavy (non-hydrogen) atoms. The van der Waals surface area contributed by atoms with Gasteiger partial charge in [0.15, 0.2) is 17.4 Å². The number of ketones is 2. The summed E-state index contributed by atoms with van der Waals surface area (Å²) in [6.45, 7) is 18.3. The number of aryl methyl sites for hydroxylation is 1. The first-order valence-electron chi connectivity index (χ1n) is 26.5. The highest BCUT2D eigenvalue weighted by atomic mass is 32.2. The molecule has 0 aliphatic carbocycles. The number of likely N-dealkylation sites (N-methyl/N-ethyl adjacent to an activating group) is 1. The quantitative estimate of drug-likeness (QED) is 0.0490. The molecule has 0 saturated carbocycles. The van der Waals surface area contributed by atoms with Gasteiger partial charge in [-0.25, -0.2) is 9.37 Å². The van der Waals surface area contributed by atoms with Crippen molar-refractivity contribution in [2.45, 2.75) is 96.6 Å². The predicted molar refractivity (Wildman–Crippen MR) is 291 cm³/mol. The molecule has 2 aromatic carbocycles. The number of nitrogens with two attached hydrogens (primary N) is 1. The Hall–Kier alpha value is -6.57. The fraction of sp³-hybridized carbons (Fsp3) is 0.518. The van der Waals surface area contributed by atoms with Gasteiger partial charge >= 0.3 is 5.82 Å². The molecular formula is C56H70FN11O8S. The van der Waals surface area contributed by atoms with Crippen LogP contribution in [0.5, 0.6) is 5.75 Å². The highest BCUT2D eigenvalue weighted by molar-refractivity contribution is 8.14. The van der Waals surface area contributed by atoms with Gasteiger partial charge in [-0.3, -0.25) is 29.0 Å². The molecule has 3 amide bonds. The SMILES string of the molecule is [C-]#[N+]c1nn(CCNC(=O)CCOCCOCCN2CCC([C@H](CC(=O)[C@H](C)NC)C(=O)N3CCC[C@H]3C3=NC(C(=O)c4ccc(F)cc4)CS3)CC2)c2c1-c1cnc(N)c(c1)O[C@H](C)c1cc(C)ccc1C(=O)N(C)C2. The van der Waals surface area contributed by atoms with Crippen molar-refractivity contribution in [2.75, 3.05) is 84.7 Å². The number of aromatic nitrogens is 3. The van der Waals surface area contributed by atoms with E-state index >= 15 is 0 Å². The van der Waals surface area contributed by atoms with E-state index in [9.17, 15) is 28.4 Å². The molecule has 4 aliphatic rings. The summed E-state index contributed by atoms with van der Waals surface area (Å²) in [4.78, 5) is 86.8. The Bertz CT molecular complexity index is 2870. The van der Waals surface area contributed by atoms with Crippen LogP contribution in [0.3, 0.4) is 0 Å². The zero-order chi connectivity index (χ0) is 54.8. The van der Waals surface area contributed by atoms with Gasteiger partial charge in [0.25, 0.3) is 5.91 Å². The number of benzene rings is 2. The Labute approximate surface area is 453 Å². The number of nitrogens with zero attached hydrogens (tertiary/aromatic N) is 8. The molecule has 2 fully saturated rings. The summed E-state index contributed by atoms with van der Waals surface area (Å²) in [7, 11) is 3.45. The highest BCUT2D eigenvalue weighted by Gasteiger charge is 2.43. The van der Waals surface area contributed by atoms with Crippen LogP contribution in [-0.2, 0) is 36.9 Å². The zero-order valence-electron chi connectivity index (χ0n) is 44.6. The minimum absolute atomic E-state index is 0.00420. The number of rotatable bonds is 21. The lowest BCUT2D eigenvalue weighted by Crippen LogP contribution is -2.48. The number of piperidine rings is 1. The fourth-order valence-corrected chi connectivity index (χ4v) is 11.7. The smallest absolute Gasteiger partial charge is 0.303 e. The van der Waals surface area contributed by atoms with Gasteiger partial charge in [0.2, 0.25) is 11.8 Å². The van der Waals surface area contributed by atoms with Crippen LogP contribution in [0.2, 0.25) is 0 Å². The lowest BCUT2D eigenvalue weighted by molar-refractivity contribution is -0.141. The third-order valence-electron chi connectivity index (χ3n) is 15.1. The van der Waals surface area contributed by atoms with E-state index in [-0.39, 0.29) is 98.0 Å². The molecular weight excluding hydrogens is 1010 g/mol. The minimum atomic E-state index is -0.589. The number of hydrogen-bond acceptors (Lipinski definition) is 15. The number of thioether (sulfide) groups is 1. The summed E-state index contributed by atoms with van der Waals surface area (Å²) in [5.74, 6) is -0.387. The monoisotopic (exact) mass is 1080 g/mol. The molecule has 2 bridgehead atoms. The van der Waals surface area contributed by atoms with Crippen molar-refractivity contribution < 1.29 is 42.6 Å². The van der Waals surface area contributed by atoms with E-state index in [1.54, 1.807) is 42.0 Å². The Morgan fingerprint density at radius 2 is 1.77 bits per heavy atom. The average Bonchev–Trinajstić information content (AvgIpc) is 4.21. The van der Waals surface area contributed by atoms with Crippen molar-refractivity contribution in [3.8, 4) is 16.9 Å². The first-order chi connectivity index (χ1) is 37.1. The number of anilines is 1. The minimum Gasteiger partial charge on any atom is -0.482 e. The van der Waals surface area contributed by atoms with E-state index in [0.29, 0.717) is 77.9 Å². The molecule has 4 aromatic rings. The van der Waals surface area contributed by atoms with Gasteiger partial charge in [0, 0.05) is 79.6 Å². The molecule has 4 N–H and O–H groups in total. The Kier molecular flexibility index (Phi) is 19.3. The van der Waals surface area contributed by atoms with E-state index in [1.807, 2.05) is 37.8 Å². The van der Waals surface area contributed by atoms with Crippen molar-refractivity contribution in [3.05, 3.63) is 99.9 Å².